The number of carbonyl (C=O) groups is 3. The van der Waals surface area contributed by atoms with Gasteiger partial charge >= 0.3 is 25.7 Å². The Labute approximate surface area is 371 Å². The molecule has 0 radical (unpaired) electrons. The van der Waals surface area contributed by atoms with E-state index >= 15 is 0 Å². The number of nitrogens with two attached hydrogens (primary N) is 1. The summed E-state index contributed by atoms with van der Waals surface area (Å²) in [6, 6.07) is -1.52. The number of unbranched alkanes of at least 4 members (excludes halogenated alkanes) is 23. The molecule has 0 heterocycles. The molecule has 4 N–H and O–H groups in total. The van der Waals surface area contributed by atoms with Crippen molar-refractivity contribution in [2.75, 3.05) is 19.8 Å². The third-order valence-electron chi connectivity index (χ3n) is 10.3. The van der Waals surface area contributed by atoms with Gasteiger partial charge in [-0.05, 0) is 51.4 Å². The van der Waals surface area contributed by atoms with Crippen molar-refractivity contribution in [3.8, 4) is 0 Å². The molecule has 0 saturated heterocycles. The van der Waals surface area contributed by atoms with Gasteiger partial charge in [-0.2, -0.15) is 0 Å². The highest BCUT2D eigenvalue weighted by Gasteiger charge is 2.28. The van der Waals surface area contributed by atoms with Crippen LogP contribution in [-0.2, 0) is 37.5 Å². The molecule has 3 atom stereocenters. The lowest BCUT2D eigenvalue weighted by Crippen LogP contribution is -2.34. The monoisotopic (exact) mass is 882 g/mol. The molecule has 0 aliphatic carbocycles. The van der Waals surface area contributed by atoms with Crippen molar-refractivity contribution in [3.63, 3.8) is 0 Å². The second-order valence-corrected chi connectivity index (χ2v) is 17.7. The van der Waals surface area contributed by atoms with Gasteiger partial charge in [0, 0.05) is 12.8 Å². The van der Waals surface area contributed by atoms with Crippen LogP contribution in [0.2, 0.25) is 0 Å². The van der Waals surface area contributed by atoms with E-state index in [-0.39, 0.29) is 19.4 Å². The number of phosphoric ester groups is 1. The first-order chi connectivity index (χ1) is 29.6. The van der Waals surface area contributed by atoms with E-state index in [0.29, 0.717) is 12.8 Å². The third-order valence-corrected chi connectivity index (χ3v) is 11.3. The number of hydrogen-bond acceptors (Lipinski definition) is 9. The van der Waals surface area contributed by atoms with Gasteiger partial charge in [-0.3, -0.25) is 23.4 Å². The van der Waals surface area contributed by atoms with Crippen molar-refractivity contribution in [2.24, 2.45) is 5.73 Å². The maximum Gasteiger partial charge on any atom is 0.472 e. The van der Waals surface area contributed by atoms with Crippen molar-refractivity contribution in [1.82, 2.24) is 0 Å². The number of ether oxygens (including phenoxy) is 2. The van der Waals surface area contributed by atoms with E-state index in [1.807, 2.05) is 0 Å². The first-order valence-corrected chi connectivity index (χ1v) is 25.7. The molecule has 0 rings (SSSR count). The van der Waals surface area contributed by atoms with Gasteiger partial charge < -0.3 is 25.2 Å². The zero-order valence-electron chi connectivity index (χ0n) is 38.5. The number of carboxylic acids is 1. The molecule has 0 bridgehead atoms. The number of allylic oxidation sites excluding steroid dienone is 8. The van der Waals surface area contributed by atoms with Crippen LogP contribution in [-0.4, -0.2) is 59.9 Å². The molecular weight excluding hydrogens is 794 g/mol. The Kier molecular flexibility index (Phi) is 42.2. The van der Waals surface area contributed by atoms with Crippen LogP contribution < -0.4 is 5.73 Å². The summed E-state index contributed by atoms with van der Waals surface area (Å²) in [6.45, 7) is 2.71. The lowest BCUT2D eigenvalue weighted by molar-refractivity contribution is -0.161. The Bertz CT molecular complexity index is 1220. The Morgan fingerprint density at radius 2 is 0.918 bits per heavy atom. The standard InChI is InChI=1S/C49H88NO10P/c1-3-5-7-9-11-13-15-17-19-20-21-22-23-24-25-26-27-29-31-33-35-37-39-41-48(52)60-45(43-58-61(55,56)59-44-46(50)49(53)54)42-57-47(51)40-38-36-34-32-30-28-18-16-14-12-10-8-6-4-2/h5,7,11,13,17,19,21-22,45-46H,3-4,6,8-10,12,14-16,18,20,23-44,50H2,1-2H3,(H,53,54)(H,55,56)/b7-5-,13-11-,19-17-,22-21-. The van der Waals surface area contributed by atoms with Crippen molar-refractivity contribution in [1.29, 1.82) is 0 Å². The van der Waals surface area contributed by atoms with Crippen molar-refractivity contribution >= 4 is 25.7 Å². The average Bonchev–Trinajstić information content (AvgIpc) is 3.24. The third kappa shape index (κ3) is 43.9. The lowest BCUT2D eigenvalue weighted by atomic mass is 10.0. The van der Waals surface area contributed by atoms with Gasteiger partial charge in [0.25, 0.3) is 0 Å². The summed E-state index contributed by atoms with van der Waals surface area (Å²) in [6.07, 6.45) is 50.3. The van der Waals surface area contributed by atoms with E-state index in [9.17, 15) is 23.8 Å². The lowest BCUT2D eigenvalue weighted by Gasteiger charge is -2.20. The molecule has 3 unspecified atom stereocenters. The number of phosphoric acid groups is 1. The van der Waals surface area contributed by atoms with E-state index in [2.05, 4.69) is 67.0 Å². The van der Waals surface area contributed by atoms with Gasteiger partial charge in [-0.25, -0.2) is 4.57 Å². The SMILES string of the molecule is CC/C=C\C/C=C\C/C=C\C/C=C\CCCCCCCCCCCCC(=O)OC(COC(=O)CCCCCCCCCCCCCCCC)COP(=O)(O)OCC(N)C(=O)O. The summed E-state index contributed by atoms with van der Waals surface area (Å²) in [5.41, 5.74) is 5.34. The average molecular weight is 882 g/mol. The van der Waals surface area contributed by atoms with Crippen LogP contribution in [0.5, 0.6) is 0 Å². The minimum absolute atomic E-state index is 0.156. The van der Waals surface area contributed by atoms with Gasteiger partial charge in [0.05, 0.1) is 13.2 Å². The van der Waals surface area contributed by atoms with Crippen LogP contribution >= 0.6 is 7.82 Å². The highest BCUT2D eigenvalue weighted by atomic mass is 31.2. The van der Waals surface area contributed by atoms with Gasteiger partial charge in [0.2, 0.25) is 0 Å². The fourth-order valence-corrected chi connectivity index (χ4v) is 7.36. The second-order valence-electron chi connectivity index (χ2n) is 16.2. The van der Waals surface area contributed by atoms with Crippen molar-refractivity contribution < 1.29 is 47.5 Å². The molecule has 0 aromatic rings. The molecule has 0 fully saturated rings. The predicted molar refractivity (Wildman–Crippen MR) is 249 cm³/mol. The van der Waals surface area contributed by atoms with E-state index in [0.717, 1.165) is 70.6 Å². The first kappa shape index (κ1) is 58.4. The van der Waals surface area contributed by atoms with E-state index in [4.69, 9.17) is 24.8 Å². The molecule has 0 aromatic heterocycles. The van der Waals surface area contributed by atoms with Gasteiger partial charge in [-0.15, -0.1) is 0 Å². The van der Waals surface area contributed by atoms with Crippen LogP contribution in [0.1, 0.15) is 213 Å². The molecule has 12 heteroatoms. The van der Waals surface area contributed by atoms with E-state index in [1.54, 1.807) is 0 Å². The maximum absolute atomic E-state index is 12.7. The Morgan fingerprint density at radius 1 is 0.525 bits per heavy atom. The molecule has 0 aliphatic rings. The highest BCUT2D eigenvalue weighted by molar-refractivity contribution is 7.47. The maximum atomic E-state index is 12.7. The van der Waals surface area contributed by atoms with Crippen LogP contribution in [0.3, 0.4) is 0 Å². The Hall–Kier alpha value is -2.56. The predicted octanol–water partition coefficient (Wildman–Crippen LogP) is 13.3. The molecule has 0 aliphatic heterocycles. The molecular formula is C49H88NO10P. The Balaban J connectivity index is 4.26. The van der Waals surface area contributed by atoms with Crippen LogP contribution in [0, 0.1) is 0 Å². The van der Waals surface area contributed by atoms with Gasteiger partial charge in [0.15, 0.2) is 6.10 Å². The minimum atomic E-state index is -4.72. The van der Waals surface area contributed by atoms with Crippen molar-refractivity contribution in [2.45, 2.75) is 225 Å². The number of carbonyl (C=O) groups excluding carboxylic acids is 2. The van der Waals surface area contributed by atoms with Gasteiger partial charge in [0.1, 0.15) is 12.6 Å². The van der Waals surface area contributed by atoms with E-state index < -0.39 is 51.1 Å². The summed E-state index contributed by atoms with van der Waals surface area (Å²) < 4.78 is 32.8. The molecule has 0 spiro atoms. The summed E-state index contributed by atoms with van der Waals surface area (Å²) in [4.78, 5) is 46.1. The minimum Gasteiger partial charge on any atom is -0.480 e. The zero-order chi connectivity index (χ0) is 44.9. The molecule has 0 amide bonds. The number of hydrogen-bond donors (Lipinski definition) is 3. The topological polar surface area (TPSA) is 172 Å². The van der Waals surface area contributed by atoms with E-state index in [1.165, 1.54) is 103 Å². The second kappa shape index (κ2) is 44.1. The number of rotatable bonds is 45. The molecule has 61 heavy (non-hydrogen) atoms. The summed E-state index contributed by atoms with van der Waals surface area (Å²) in [5.74, 6) is -2.38. The molecule has 11 nitrogen and oxygen atoms in total. The molecule has 0 aromatic carbocycles. The normalized spacial score (nSPS) is 14.0. The van der Waals surface area contributed by atoms with Crippen LogP contribution in [0.25, 0.3) is 0 Å². The zero-order valence-corrected chi connectivity index (χ0v) is 39.4. The first-order valence-electron chi connectivity index (χ1n) is 24.2. The van der Waals surface area contributed by atoms with Crippen molar-refractivity contribution in [3.05, 3.63) is 48.6 Å². The molecule has 0 saturated carbocycles. The number of esters is 2. The quantitative estimate of drug-likeness (QED) is 0.0230. The number of carboxylic acid groups (broad SMARTS) is 1. The highest BCUT2D eigenvalue weighted by Crippen LogP contribution is 2.43. The number of aliphatic carboxylic acids is 1. The van der Waals surface area contributed by atoms with Gasteiger partial charge in [-0.1, -0.05) is 197 Å². The van der Waals surface area contributed by atoms with Crippen LogP contribution in [0.15, 0.2) is 48.6 Å². The fraction of sp³-hybridized carbons (Fsp3) is 0.776. The Morgan fingerprint density at radius 3 is 1.38 bits per heavy atom. The van der Waals surface area contributed by atoms with Crippen LogP contribution in [0.4, 0.5) is 0 Å². The summed E-state index contributed by atoms with van der Waals surface area (Å²) in [7, 11) is -4.72. The largest absolute Gasteiger partial charge is 0.480 e. The summed E-state index contributed by atoms with van der Waals surface area (Å²) in [5, 5.41) is 8.91. The smallest absolute Gasteiger partial charge is 0.472 e. The fourth-order valence-electron chi connectivity index (χ4n) is 6.59. The molecule has 354 valence electrons. The summed E-state index contributed by atoms with van der Waals surface area (Å²) >= 11 is 0.